The number of carbonyl (C=O) groups is 1. The SMILES string of the molecule is CC(C)(N)CCC(=O)NCCCS(C)(=O)=O. The van der Waals surface area contributed by atoms with Crippen LogP contribution < -0.4 is 11.1 Å². The predicted octanol–water partition coefficient (Wildman–Crippen LogP) is 0.0548. The maximum atomic E-state index is 11.3. The Morgan fingerprint density at radius 3 is 2.38 bits per heavy atom. The first-order valence-corrected chi connectivity index (χ1v) is 7.39. The van der Waals surface area contributed by atoms with Crippen LogP contribution in [0.15, 0.2) is 0 Å². The molecule has 0 spiro atoms. The van der Waals surface area contributed by atoms with Crippen molar-refractivity contribution >= 4 is 15.7 Å². The maximum absolute atomic E-state index is 11.3. The second-order valence-corrected chi connectivity index (χ2v) is 7.08. The molecule has 0 aliphatic heterocycles. The average Bonchev–Trinajstić information content (AvgIpc) is 2.06. The van der Waals surface area contributed by atoms with E-state index in [1.807, 2.05) is 13.8 Å². The minimum absolute atomic E-state index is 0.0768. The molecule has 1 amide bonds. The second kappa shape index (κ2) is 6.20. The molecule has 16 heavy (non-hydrogen) atoms. The van der Waals surface area contributed by atoms with Crippen LogP contribution in [0.25, 0.3) is 0 Å². The van der Waals surface area contributed by atoms with Crippen LogP contribution in [0.5, 0.6) is 0 Å². The molecule has 0 radical (unpaired) electrons. The lowest BCUT2D eigenvalue weighted by Gasteiger charge is -2.17. The molecule has 0 saturated heterocycles. The molecular formula is C10H22N2O3S. The van der Waals surface area contributed by atoms with Crippen molar-refractivity contribution in [1.29, 1.82) is 0 Å². The van der Waals surface area contributed by atoms with E-state index in [2.05, 4.69) is 5.32 Å². The summed E-state index contributed by atoms with van der Waals surface area (Å²) in [4.78, 5) is 11.3. The van der Waals surface area contributed by atoms with E-state index in [9.17, 15) is 13.2 Å². The number of nitrogens with one attached hydrogen (secondary N) is 1. The molecule has 3 N–H and O–H groups in total. The Hall–Kier alpha value is -0.620. The highest BCUT2D eigenvalue weighted by Gasteiger charge is 2.12. The van der Waals surface area contributed by atoms with Gasteiger partial charge in [-0.2, -0.15) is 0 Å². The lowest BCUT2D eigenvalue weighted by Crippen LogP contribution is -2.34. The van der Waals surface area contributed by atoms with Gasteiger partial charge in [-0.25, -0.2) is 8.42 Å². The lowest BCUT2D eigenvalue weighted by atomic mass is 10.00. The number of carbonyl (C=O) groups excluding carboxylic acids is 1. The maximum Gasteiger partial charge on any atom is 0.220 e. The molecule has 0 aromatic rings. The van der Waals surface area contributed by atoms with Crippen LogP contribution in [0.4, 0.5) is 0 Å². The van der Waals surface area contributed by atoms with Gasteiger partial charge in [-0.05, 0) is 26.7 Å². The third kappa shape index (κ3) is 11.5. The Labute approximate surface area is 97.7 Å². The van der Waals surface area contributed by atoms with E-state index in [0.29, 0.717) is 25.8 Å². The van der Waals surface area contributed by atoms with E-state index in [0.717, 1.165) is 0 Å². The molecule has 0 heterocycles. The fourth-order valence-electron chi connectivity index (χ4n) is 1.09. The largest absolute Gasteiger partial charge is 0.356 e. The zero-order valence-electron chi connectivity index (χ0n) is 10.2. The molecule has 0 fully saturated rings. The summed E-state index contributed by atoms with van der Waals surface area (Å²) in [6.45, 7) is 4.13. The van der Waals surface area contributed by atoms with Crippen LogP contribution in [0, 0.1) is 0 Å². The van der Waals surface area contributed by atoms with Crippen LogP contribution >= 0.6 is 0 Å². The molecule has 96 valence electrons. The van der Waals surface area contributed by atoms with Crippen molar-refractivity contribution in [2.45, 2.75) is 38.6 Å². The van der Waals surface area contributed by atoms with Crippen molar-refractivity contribution in [3.8, 4) is 0 Å². The highest BCUT2D eigenvalue weighted by Crippen LogP contribution is 2.06. The monoisotopic (exact) mass is 250 g/mol. The first-order chi connectivity index (χ1) is 7.10. The quantitative estimate of drug-likeness (QED) is 0.625. The van der Waals surface area contributed by atoms with Crippen molar-refractivity contribution in [2.24, 2.45) is 5.73 Å². The number of hydrogen-bond acceptors (Lipinski definition) is 4. The van der Waals surface area contributed by atoms with Crippen LogP contribution in [0.3, 0.4) is 0 Å². The topological polar surface area (TPSA) is 89.3 Å². The van der Waals surface area contributed by atoms with Crippen molar-refractivity contribution < 1.29 is 13.2 Å². The van der Waals surface area contributed by atoms with Crippen molar-refractivity contribution in [2.75, 3.05) is 18.6 Å². The van der Waals surface area contributed by atoms with Gasteiger partial charge in [0.25, 0.3) is 0 Å². The first-order valence-electron chi connectivity index (χ1n) is 5.33. The van der Waals surface area contributed by atoms with Gasteiger partial charge in [-0.1, -0.05) is 0 Å². The minimum Gasteiger partial charge on any atom is -0.356 e. The fraction of sp³-hybridized carbons (Fsp3) is 0.900. The van der Waals surface area contributed by atoms with E-state index in [1.165, 1.54) is 6.26 Å². The van der Waals surface area contributed by atoms with Crippen molar-refractivity contribution in [3.63, 3.8) is 0 Å². The van der Waals surface area contributed by atoms with Gasteiger partial charge in [0.1, 0.15) is 9.84 Å². The molecule has 0 rings (SSSR count). The van der Waals surface area contributed by atoms with Crippen LogP contribution in [0.2, 0.25) is 0 Å². The summed E-state index contributed by atoms with van der Waals surface area (Å²) in [5.41, 5.74) is 5.39. The molecule has 0 aromatic heterocycles. The number of sulfone groups is 1. The second-order valence-electron chi connectivity index (χ2n) is 4.82. The van der Waals surface area contributed by atoms with Crippen LogP contribution in [-0.4, -0.2) is 38.4 Å². The van der Waals surface area contributed by atoms with Crippen LogP contribution in [-0.2, 0) is 14.6 Å². The van der Waals surface area contributed by atoms with Crippen molar-refractivity contribution in [1.82, 2.24) is 5.32 Å². The Balaban J connectivity index is 3.60. The molecule has 0 atom stereocenters. The van der Waals surface area contributed by atoms with Gasteiger partial charge in [-0.3, -0.25) is 4.79 Å². The van der Waals surface area contributed by atoms with E-state index in [4.69, 9.17) is 5.73 Å². The molecule has 0 aliphatic rings. The molecule has 0 bridgehead atoms. The van der Waals surface area contributed by atoms with Gasteiger partial charge >= 0.3 is 0 Å². The summed E-state index contributed by atoms with van der Waals surface area (Å²) >= 11 is 0. The zero-order chi connectivity index (χ0) is 12.8. The van der Waals surface area contributed by atoms with E-state index >= 15 is 0 Å². The molecule has 0 aliphatic carbocycles. The normalized spacial score (nSPS) is 12.5. The minimum atomic E-state index is -2.93. The number of rotatable bonds is 7. The Kier molecular flexibility index (Phi) is 5.96. The summed E-state index contributed by atoms with van der Waals surface area (Å²) in [5, 5.41) is 2.67. The lowest BCUT2D eigenvalue weighted by molar-refractivity contribution is -0.121. The van der Waals surface area contributed by atoms with E-state index < -0.39 is 9.84 Å². The molecule has 0 unspecified atom stereocenters. The Morgan fingerprint density at radius 2 is 1.94 bits per heavy atom. The van der Waals surface area contributed by atoms with Gasteiger partial charge in [-0.15, -0.1) is 0 Å². The molecule has 5 nitrogen and oxygen atoms in total. The number of nitrogens with two attached hydrogens (primary N) is 1. The fourth-order valence-corrected chi connectivity index (χ4v) is 1.75. The standard InChI is InChI=1S/C10H22N2O3S/c1-10(2,11)6-5-9(13)12-7-4-8-16(3,14)15/h4-8,11H2,1-3H3,(H,12,13). The molecular weight excluding hydrogens is 228 g/mol. The molecule has 0 saturated carbocycles. The van der Waals surface area contributed by atoms with Gasteiger partial charge in [0, 0.05) is 24.8 Å². The third-order valence-electron chi connectivity index (χ3n) is 2.01. The Bertz CT molecular complexity index is 317. The predicted molar refractivity (Wildman–Crippen MR) is 64.8 cm³/mol. The number of amides is 1. The third-order valence-corrected chi connectivity index (χ3v) is 3.04. The summed E-state index contributed by atoms with van der Waals surface area (Å²) in [6.07, 6.45) is 2.63. The summed E-state index contributed by atoms with van der Waals surface area (Å²) in [5.74, 6) is 0.0300. The van der Waals surface area contributed by atoms with E-state index in [1.54, 1.807) is 0 Å². The van der Waals surface area contributed by atoms with Gasteiger partial charge < -0.3 is 11.1 Å². The van der Waals surface area contributed by atoms with Gasteiger partial charge in [0.05, 0.1) is 5.75 Å². The average molecular weight is 250 g/mol. The van der Waals surface area contributed by atoms with Crippen molar-refractivity contribution in [3.05, 3.63) is 0 Å². The summed E-state index contributed by atoms with van der Waals surface area (Å²) in [6, 6.07) is 0. The highest BCUT2D eigenvalue weighted by molar-refractivity contribution is 7.90. The highest BCUT2D eigenvalue weighted by atomic mass is 32.2. The smallest absolute Gasteiger partial charge is 0.220 e. The van der Waals surface area contributed by atoms with E-state index in [-0.39, 0.29) is 17.2 Å². The van der Waals surface area contributed by atoms with Gasteiger partial charge in [0.15, 0.2) is 0 Å². The molecule has 0 aromatic carbocycles. The summed E-state index contributed by atoms with van der Waals surface area (Å²) in [7, 11) is -2.93. The summed E-state index contributed by atoms with van der Waals surface area (Å²) < 4.78 is 21.6. The molecule has 6 heteroatoms. The first kappa shape index (κ1) is 15.4. The van der Waals surface area contributed by atoms with Crippen LogP contribution in [0.1, 0.15) is 33.1 Å². The van der Waals surface area contributed by atoms with Gasteiger partial charge in [0.2, 0.25) is 5.91 Å². The Morgan fingerprint density at radius 1 is 1.38 bits per heavy atom. The number of hydrogen-bond donors (Lipinski definition) is 2. The zero-order valence-corrected chi connectivity index (χ0v) is 11.1.